The zero-order chi connectivity index (χ0) is 33.9. The number of anilines is 3. The monoisotopic (exact) mass is 663 g/mol. The van der Waals surface area contributed by atoms with E-state index in [9.17, 15) is 0 Å². The molecule has 0 N–H and O–H groups in total. The minimum absolute atomic E-state index is 0.0580. The smallest absolute Gasteiger partial charge is 0.210 e. The molecule has 1 aliphatic carbocycles. The lowest BCUT2D eigenvalue weighted by molar-refractivity contribution is -0.704. The molecule has 4 heteroatoms. The lowest BCUT2D eigenvalue weighted by Gasteiger charge is -2.33. The molecule has 52 heavy (non-hydrogen) atoms. The minimum Gasteiger partial charge on any atom is -0.309 e. The molecule has 0 saturated heterocycles. The molecular formula is C48H31N4+. The van der Waals surface area contributed by atoms with Crippen molar-refractivity contribution in [1.29, 1.82) is 0 Å². The normalized spacial score (nSPS) is 14.3. The third-order valence-corrected chi connectivity index (χ3v) is 11.4. The average molecular weight is 664 g/mol. The fourth-order valence-corrected chi connectivity index (χ4v) is 9.25. The second kappa shape index (κ2) is 10.3. The van der Waals surface area contributed by atoms with Crippen molar-refractivity contribution < 1.29 is 4.57 Å². The summed E-state index contributed by atoms with van der Waals surface area (Å²) in [6.07, 6.45) is 4.53. The van der Waals surface area contributed by atoms with E-state index in [4.69, 9.17) is 0 Å². The molecule has 2 aliphatic rings. The summed E-state index contributed by atoms with van der Waals surface area (Å²) < 4.78 is 7.28. The van der Waals surface area contributed by atoms with Gasteiger partial charge in [-0.05, 0) is 65.7 Å². The van der Waals surface area contributed by atoms with Crippen molar-refractivity contribution in [2.24, 2.45) is 0 Å². The molecule has 3 aromatic heterocycles. The standard InChI is InChI=1S/C48H31N4/c1-2-13-31(14-3-1)51-43-22-10-11-23-44(43)52-46-30-38-33-15-4-5-18-36(33)47(40(38)29-39(46)37-19-12-24-45(51)48(37)52)49-27-25-32(26-28-49)50-41-20-8-6-16-34(41)35-17-7-9-21-42(35)50/h1-30,47H/q+1. The van der Waals surface area contributed by atoms with Crippen molar-refractivity contribution in [2.75, 3.05) is 4.90 Å². The van der Waals surface area contributed by atoms with E-state index in [1.807, 2.05) is 0 Å². The van der Waals surface area contributed by atoms with E-state index in [-0.39, 0.29) is 6.04 Å². The number of hydrogen-bond acceptors (Lipinski definition) is 1. The summed E-state index contributed by atoms with van der Waals surface area (Å²) in [6, 6.07) is 62.2. The highest BCUT2D eigenvalue weighted by Gasteiger charge is 2.37. The van der Waals surface area contributed by atoms with Gasteiger partial charge in [-0.15, -0.1) is 0 Å². The van der Waals surface area contributed by atoms with Gasteiger partial charge < -0.3 is 14.0 Å². The van der Waals surface area contributed by atoms with Crippen LogP contribution >= 0.6 is 0 Å². The SMILES string of the molecule is c1ccc(N2c3ccccc3-n3c4cc5c(cc4c4cccc2c43)C([n+]2ccc(-n3c4ccccc4c4ccccc43)cc2)c2ccccc2-5)cc1. The van der Waals surface area contributed by atoms with Crippen molar-refractivity contribution in [3.63, 3.8) is 0 Å². The molecule has 0 fully saturated rings. The maximum Gasteiger partial charge on any atom is 0.210 e. The number of nitrogens with zero attached hydrogens (tertiary/aromatic N) is 4. The predicted molar refractivity (Wildman–Crippen MR) is 213 cm³/mol. The number of benzene rings is 7. The van der Waals surface area contributed by atoms with Crippen molar-refractivity contribution in [3.05, 3.63) is 193 Å². The Bertz CT molecular complexity index is 3020. The molecule has 12 rings (SSSR count). The van der Waals surface area contributed by atoms with Crippen LogP contribution in [0.2, 0.25) is 0 Å². The fourth-order valence-electron chi connectivity index (χ4n) is 9.25. The summed E-state index contributed by atoms with van der Waals surface area (Å²) in [5.74, 6) is 0. The van der Waals surface area contributed by atoms with Gasteiger partial charge in [-0.1, -0.05) is 103 Å². The summed E-state index contributed by atoms with van der Waals surface area (Å²) in [6.45, 7) is 0. The Morgan fingerprint density at radius 1 is 0.385 bits per heavy atom. The van der Waals surface area contributed by atoms with Gasteiger partial charge in [0.15, 0.2) is 12.4 Å². The number of pyridine rings is 1. The van der Waals surface area contributed by atoms with Gasteiger partial charge in [-0.3, -0.25) is 0 Å². The van der Waals surface area contributed by atoms with E-state index < -0.39 is 0 Å². The topological polar surface area (TPSA) is 17.0 Å². The van der Waals surface area contributed by atoms with Gasteiger partial charge in [0, 0.05) is 50.5 Å². The highest BCUT2D eigenvalue weighted by Crippen LogP contribution is 2.52. The van der Waals surface area contributed by atoms with Crippen LogP contribution < -0.4 is 9.47 Å². The zero-order valence-electron chi connectivity index (χ0n) is 28.2. The Balaban J connectivity index is 1.07. The van der Waals surface area contributed by atoms with Crippen molar-refractivity contribution >= 4 is 60.7 Å². The molecule has 4 nitrogen and oxygen atoms in total. The molecule has 1 atom stereocenters. The Labute approximate surface area is 300 Å². The lowest BCUT2D eigenvalue weighted by Crippen LogP contribution is -2.39. The van der Waals surface area contributed by atoms with Crippen LogP contribution in [0.4, 0.5) is 17.1 Å². The van der Waals surface area contributed by atoms with E-state index in [1.165, 1.54) is 82.9 Å². The Morgan fingerprint density at radius 3 is 1.81 bits per heavy atom. The maximum atomic E-state index is 2.50. The molecule has 0 bridgehead atoms. The van der Waals surface area contributed by atoms with Gasteiger partial charge >= 0.3 is 0 Å². The maximum absolute atomic E-state index is 2.50. The quantitative estimate of drug-likeness (QED) is 0.172. The summed E-state index contributed by atoms with van der Waals surface area (Å²) in [5.41, 5.74) is 16.1. The van der Waals surface area contributed by atoms with Crippen LogP contribution in [0, 0.1) is 0 Å². The third-order valence-electron chi connectivity index (χ3n) is 11.4. The highest BCUT2D eigenvalue weighted by atomic mass is 15.2. The molecule has 0 spiro atoms. The Hall–Kier alpha value is -6.91. The van der Waals surface area contributed by atoms with Crippen LogP contribution in [-0.4, -0.2) is 9.13 Å². The van der Waals surface area contributed by atoms with E-state index >= 15 is 0 Å². The van der Waals surface area contributed by atoms with Gasteiger partial charge in [0.1, 0.15) is 0 Å². The number of aromatic nitrogens is 3. The second-order valence-electron chi connectivity index (χ2n) is 14.0. The molecule has 0 radical (unpaired) electrons. The van der Waals surface area contributed by atoms with Crippen molar-refractivity contribution in [2.45, 2.75) is 6.04 Å². The van der Waals surface area contributed by atoms with Crippen molar-refractivity contribution in [3.8, 4) is 22.5 Å². The largest absolute Gasteiger partial charge is 0.309 e. The molecular weight excluding hydrogens is 633 g/mol. The molecule has 10 aromatic rings. The highest BCUT2D eigenvalue weighted by molar-refractivity contribution is 6.17. The van der Waals surface area contributed by atoms with Crippen LogP contribution in [0.3, 0.4) is 0 Å². The predicted octanol–water partition coefficient (Wildman–Crippen LogP) is 11.6. The average Bonchev–Trinajstić information content (AvgIpc) is 3.84. The van der Waals surface area contributed by atoms with Gasteiger partial charge in [-0.25, -0.2) is 0 Å². The molecule has 1 unspecified atom stereocenters. The van der Waals surface area contributed by atoms with Crippen LogP contribution in [0.5, 0.6) is 0 Å². The van der Waals surface area contributed by atoms with E-state index in [2.05, 4.69) is 201 Å². The van der Waals surface area contributed by atoms with E-state index in [0.717, 1.165) is 11.4 Å². The van der Waals surface area contributed by atoms with Crippen molar-refractivity contribution in [1.82, 2.24) is 9.13 Å². The van der Waals surface area contributed by atoms with Gasteiger partial charge in [0.25, 0.3) is 0 Å². The van der Waals surface area contributed by atoms with Crippen LogP contribution in [0.1, 0.15) is 17.2 Å². The fraction of sp³-hybridized carbons (Fsp3) is 0.0208. The first-order valence-corrected chi connectivity index (χ1v) is 18.0. The minimum atomic E-state index is 0.0580. The Morgan fingerprint density at radius 2 is 1.02 bits per heavy atom. The number of hydrogen-bond donors (Lipinski definition) is 0. The zero-order valence-corrected chi connectivity index (χ0v) is 28.2. The first-order valence-electron chi connectivity index (χ1n) is 18.0. The third kappa shape index (κ3) is 3.63. The van der Waals surface area contributed by atoms with Gasteiger partial charge in [0.05, 0.1) is 44.8 Å². The molecule has 1 aliphatic heterocycles. The van der Waals surface area contributed by atoms with E-state index in [0.29, 0.717) is 0 Å². The van der Waals surface area contributed by atoms with Gasteiger partial charge in [0.2, 0.25) is 6.04 Å². The number of para-hydroxylation sites is 6. The molecule has 0 saturated carbocycles. The molecule has 242 valence electrons. The van der Waals surface area contributed by atoms with Crippen LogP contribution in [0.15, 0.2) is 182 Å². The first kappa shape index (κ1) is 27.9. The van der Waals surface area contributed by atoms with Gasteiger partial charge in [-0.2, -0.15) is 4.57 Å². The summed E-state index contributed by atoms with van der Waals surface area (Å²) >= 11 is 0. The van der Waals surface area contributed by atoms with E-state index in [1.54, 1.807) is 0 Å². The second-order valence-corrected chi connectivity index (χ2v) is 14.0. The van der Waals surface area contributed by atoms with Crippen LogP contribution in [-0.2, 0) is 0 Å². The number of fused-ring (bicyclic) bond motifs is 11. The molecule has 4 heterocycles. The van der Waals surface area contributed by atoms with Crippen LogP contribution in [0.25, 0.3) is 66.1 Å². The number of rotatable bonds is 3. The lowest BCUT2D eigenvalue weighted by atomic mass is 10.0. The summed E-state index contributed by atoms with van der Waals surface area (Å²) in [5, 5.41) is 5.10. The molecule has 7 aromatic carbocycles. The first-order chi connectivity index (χ1) is 25.8. The summed E-state index contributed by atoms with van der Waals surface area (Å²) in [7, 11) is 0. The Kier molecular flexibility index (Phi) is 5.53. The molecule has 0 amide bonds. The summed E-state index contributed by atoms with van der Waals surface area (Å²) in [4.78, 5) is 2.41.